The predicted molar refractivity (Wildman–Crippen MR) is 87.7 cm³/mol. The molecule has 2 rings (SSSR count). The van der Waals surface area contributed by atoms with Crippen LogP contribution >= 0.6 is 23.8 Å². The molecule has 1 aromatic rings. The molecular formula is C14H20ClN3OS. The molecule has 4 nitrogen and oxygen atoms in total. The molecule has 0 unspecified atom stereocenters. The molecule has 0 bridgehead atoms. The minimum absolute atomic E-state index is 0.217. The molecule has 0 amide bonds. The van der Waals surface area contributed by atoms with Gasteiger partial charge in [0.05, 0.1) is 11.6 Å². The number of anilines is 1. The summed E-state index contributed by atoms with van der Waals surface area (Å²) in [5.41, 5.74) is 7.44. The molecule has 1 aliphatic heterocycles. The Balaban J connectivity index is 2.08. The second-order valence-electron chi connectivity index (χ2n) is 4.93. The van der Waals surface area contributed by atoms with Crippen LogP contribution in [0.1, 0.15) is 12.0 Å². The van der Waals surface area contributed by atoms with E-state index in [4.69, 9.17) is 34.7 Å². The normalized spacial score (nSPS) is 17.0. The number of benzene rings is 1. The fourth-order valence-electron chi connectivity index (χ4n) is 2.49. The third-order valence-corrected chi connectivity index (χ3v) is 4.12. The SMILES string of the molecule is NC(=S)c1ccc(N2CCCN(CCO)CC2)cc1Cl. The molecule has 0 aromatic heterocycles. The van der Waals surface area contributed by atoms with Crippen molar-refractivity contribution in [3.05, 3.63) is 28.8 Å². The Kier molecular flexibility index (Phi) is 5.60. The molecule has 1 saturated heterocycles. The molecule has 0 spiro atoms. The average Bonchev–Trinajstić information content (AvgIpc) is 2.64. The van der Waals surface area contributed by atoms with Gasteiger partial charge in [-0.3, -0.25) is 4.90 Å². The highest BCUT2D eigenvalue weighted by Crippen LogP contribution is 2.24. The Hall–Kier alpha value is -0.880. The van der Waals surface area contributed by atoms with Gasteiger partial charge in [0.25, 0.3) is 0 Å². The Morgan fingerprint density at radius 3 is 2.75 bits per heavy atom. The van der Waals surface area contributed by atoms with Crippen LogP contribution in [0, 0.1) is 0 Å². The van der Waals surface area contributed by atoms with Gasteiger partial charge in [-0.05, 0) is 31.2 Å². The van der Waals surface area contributed by atoms with Crippen molar-refractivity contribution in [3.63, 3.8) is 0 Å². The second kappa shape index (κ2) is 7.22. The summed E-state index contributed by atoms with van der Waals surface area (Å²) in [5.74, 6) is 0. The number of aliphatic hydroxyl groups excluding tert-OH is 1. The van der Waals surface area contributed by atoms with E-state index in [1.165, 1.54) is 0 Å². The van der Waals surface area contributed by atoms with Crippen molar-refractivity contribution in [1.82, 2.24) is 4.90 Å². The lowest BCUT2D eigenvalue weighted by Crippen LogP contribution is -2.32. The monoisotopic (exact) mass is 313 g/mol. The maximum absolute atomic E-state index is 9.02. The summed E-state index contributed by atoms with van der Waals surface area (Å²) in [6.45, 7) is 4.86. The third kappa shape index (κ3) is 3.82. The molecule has 0 atom stereocenters. The van der Waals surface area contributed by atoms with E-state index in [-0.39, 0.29) is 6.61 Å². The van der Waals surface area contributed by atoms with Gasteiger partial charge in [0.2, 0.25) is 0 Å². The average molecular weight is 314 g/mol. The zero-order chi connectivity index (χ0) is 14.5. The van der Waals surface area contributed by atoms with Crippen molar-refractivity contribution >= 4 is 34.5 Å². The molecule has 1 aromatic carbocycles. The molecule has 1 heterocycles. The van der Waals surface area contributed by atoms with Gasteiger partial charge < -0.3 is 15.7 Å². The molecule has 3 N–H and O–H groups in total. The van der Waals surface area contributed by atoms with E-state index in [9.17, 15) is 0 Å². The van der Waals surface area contributed by atoms with Crippen LogP contribution in [-0.2, 0) is 0 Å². The van der Waals surface area contributed by atoms with Crippen molar-refractivity contribution < 1.29 is 5.11 Å². The van der Waals surface area contributed by atoms with Gasteiger partial charge >= 0.3 is 0 Å². The highest BCUT2D eigenvalue weighted by molar-refractivity contribution is 7.80. The zero-order valence-corrected chi connectivity index (χ0v) is 13.0. The van der Waals surface area contributed by atoms with Crippen molar-refractivity contribution in [2.24, 2.45) is 5.73 Å². The highest BCUT2D eigenvalue weighted by atomic mass is 35.5. The largest absolute Gasteiger partial charge is 0.395 e. The summed E-state index contributed by atoms with van der Waals surface area (Å²) >= 11 is 11.2. The van der Waals surface area contributed by atoms with Crippen LogP contribution in [-0.4, -0.2) is 54.3 Å². The second-order valence-corrected chi connectivity index (χ2v) is 5.78. The minimum atomic E-state index is 0.217. The summed E-state index contributed by atoms with van der Waals surface area (Å²) in [5, 5.41) is 9.62. The van der Waals surface area contributed by atoms with Crippen LogP contribution in [0.15, 0.2) is 18.2 Å². The molecule has 0 saturated carbocycles. The van der Waals surface area contributed by atoms with E-state index < -0.39 is 0 Å². The Bertz CT molecular complexity index is 483. The highest BCUT2D eigenvalue weighted by Gasteiger charge is 2.15. The van der Waals surface area contributed by atoms with Crippen LogP contribution < -0.4 is 10.6 Å². The first-order chi connectivity index (χ1) is 9.61. The number of β-amino-alcohol motifs (C(OH)–C–C–N with tert-alkyl or cyclic N) is 1. The van der Waals surface area contributed by atoms with Gasteiger partial charge in [-0.1, -0.05) is 23.8 Å². The van der Waals surface area contributed by atoms with Crippen LogP contribution in [0.5, 0.6) is 0 Å². The van der Waals surface area contributed by atoms with Crippen molar-refractivity contribution in [3.8, 4) is 0 Å². The summed E-state index contributed by atoms with van der Waals surface area (Å²) in [7, 11) is 0. The van der Waals surface area contributed by atoms with Crippen molar-refractivity contribution in [1.29, 1.82) is 0 Å². The van der Waals surface area contributed by atoms with E-state index in [1.54, 1.807) is 0 Å². The van der Waals surface area contributed by atoms with E-state index in [0.29, 0.717) is 10.0 Å². The molecule has 110 valence electrons. The fraction of sp³-hybridized carbons (Fsp3) is 0.500. The van der Waals surface area contributed by atoms with Gasteiger partial charge in [0.1, 0.15) is 4.99 Å². The van der Waals surface area contributed by atoms with Crippen LogP contribution in [0.25, 0.3) is 0 Å². The number of halogens is 1. The smallest absolute Gasteiger partial charge is 0.105 e. The molecule has 1 aliphatic rings. The maximum Gasteiger partial charge on any atom is 0.105 e. The predicted octanol–water partition coefficient (Wildman–Crippen LogP) is 1.48. The van der Waals surface area contributed by atoms with E-state index in [1.807, 2.05) is 18.2 Å². The molecule has 6 heteroatoms. The first kappa shape index (κ1) is 15.5. The first-order valence-corrected chi connectivity index (χ1v) is 7.58. The topological polar surface area (TPSA) is 52.7 Å². The van der Waals surface area contributed by atoms with E-state index >= 15 is 0 Å². The fourth-order valence-corrected chi connectivity index (χ4v) is 3.01. The maximum atomic E-state index is 9.02. The lowest BCUT2D eigenvalue weighted by atomic mass is 10.2. The quantitative estimate of drug-likeness (QED) is 0.825. The summed E-state index contributed by atoms with van der Waals surface area (Å²) in [6.07, 6.45) is 1.08. The summed E-state index contributed by atoms with van der Waals surface area (Å²) in [4.78, 5) is 4.92. The Morgan fingerprint density at radius 1 is 1.30 bits per heavy atom. The summed E-state index contributed by atoms with van der Waals surface area (Å²) in [6, 6.07) is 5.83. The minimum Gasteiger partial charge on any atom is -0.395 e. The van der Waals surface area contributed by atoms with Crippen LogP contribution in [0.4, 0.5) is 5.69 Å². The number of thiocarbonyl (C=S) groups is 1. The van der Waals surface area contributed by atoms with Gasteiger partial charge in [-0.2, -0.15) is 0 Å². The van der Waals surface area contributed by atoms with Gasteiger partial charge in [-0.15, -0.1) is 0 Å². The molecular weight excluding hydrogens is 294 g/mol. The van der Waals surface area contributed by atoms with Crippen molar-refractivity contribution in [2.75, 3.05) is 44.2 Å². The Morgan fingerprint density at radius 2 is 2.10 bits per heavy atom. The first-order valence-electron chi connectivity index (χ1n) is 6.79. The number of hydrogen-bond acceptors (Lipinski definition) is 4. The third-order valence-electron chi connectivity index (χ3n) is 3.59. The molecule has 0 radical (unpaired) electrons. The lowest BCUT2D eigenvalue weighted by Gasteiger charge is -2.24. The van der Waals surface area contributed by atoms with E-state index in [0.717, 1.165) is 50.4 Å². The lowest BCUT2D eigenvalue weighted by molar-refractivity contribution is 0.204. The molecule has 0 aliphatic carbocycles. The number of nitrogens with two attached hydrogens (primary N) is 1. The molecule has 20 heavy (non-hydrogen) atoms. The van der Waals surface area contributed by atoms with E-state index in [2.05, 4.69) is 9.80 Å². The van der Waals surface area contributed by atoms with Gasteiger partial charge in [-0.25, -0.2) is 0 Å². The van der Waals surface area contributed by atoms with Crippen LogP contribution in [0.2, 0.25) is 5.02 Å². The summed E-state index contributed by atoms with van der Waals surface area (Å²) < 4.78 is 0. The zero-order valence-electron chi connectivity index (χ0n) is 11.4. The Labute approximate surface area is 130 Å². The van der Waals surface area contributed by atoms with Gasteiger partial charge in [0, 0.05) is 37.4 Å². The number of rotatable bonds is 4. The van der Waals surface area contributed by atoms with Gasteiger partial charge in [0.15, 0.2) is 0 Å². The van der Waals surface area contributed by atoms with Crippen molar-refractivity contribution in [2.45, 2.75) is 6.42 Å². The number of aliphatic hydroxyl groups is 1. The standard InChI is InChI=1S/C14H20ClN3OS/c15-13-10-11(2-3-12(13)14(16)20)18-5-1-4-17(6-7-18)8-9-19/h2-3,10,19H,1,4-9H2,(H2,16,20). The number of nitrogens with zero attached hydrogens (tertiary/aromatic N) is 2. The number of hydrogen-bond donors (Lipinski definition) is 2. The van der Waals surface area contributed by atoms with Crippen LogP contribution in [0.3, 0.4) is 0 Å². The molecule has 1 fully saturated rings.